The topological polar surface area (TPSA) is 85.1 Å². The third-order valence-electron chi connectivity index (χ3n) is 2.56. The summed E-state index contributed by atoms with van der Waals surface area (Å²) in [5.74, 6) is -0.588. The quantitative estimate of drug-likeness (QED) is 0.810. The van der Waals surface area contributed by atoms with Gasteiger partial charge in [0.05, 0.1) is 12.2 Å². The van der Waals surface area contributed by atoms with Gasteiger partial charge in [-0.05, 0) is 24.3 Å². The number of ketones is 1. The molecule has 0 aliphatic heterocycles. The lowest BCUT2D eigenvalue weighted by atomic mass is 10.1. The van der Waals surface area contributed by atoms with E-state index in [2.05, 4.69) is 10.3 Å². The molecule has 0 fully saturated rings. The lowest BCUT2D eigenvalue weighted by Gasteiger charge is -2.09. The van der Waals surface area contributed by atoms with Crippen molar-refractivity contribution in [2.45, 2.75) is 0 Å². The maximum Gasteiger partial charge on any atom is 0.274 e. The molecule has 0 unspecified atom stereocenters. The molecule has 3 N–H and O–H groups in total. The number of pyridine rings is 1. The van der Waals surface area contributed by atoms with Crippen LogP contribution in [0.3, 0.4) is 0 Å². The van der Waals surface area contributed by atoms with Crippen molar-refractivity contribution in [1.82, 2.24) is 4.98 Å². The summed E-state index contributed by atoms with van der Waals surface area (Å²) < 4.78 is 0. The predicted molar refractivity (Wildman–Crippen MR) is 72.0 cm³/mol. The zero-order valence-electron chi connectivity index (χ0n) is 10.2. The third-order valence-corrected chi connectivity index (χ3v) is 2.56. The maximum absolute atomic E-state index is 12.0. The van der Waals surface area contributed by atoms with Gasteiger partial charge in [0.1, 0.15) is 5.69 Å². The van der Waals surface area contributed by atoms with E-state index in [-0.39, 0.29) is 23.9 Å². The molecule has 2 aromatic rings. The Morgan fingerprint density at radius 3 is 2.53 bits per heavy atom. The summed E-state index contributed by atoms with van der Waals surface area (Å²) in [7, 11) is 0. The number of para-hydroxylation sites is 1. The van der Waals surface area contributed by atoms with E-state index in [1.165, 1.54) is 6.20 Å². The van der Waals surface area contributed by atoms with Crippen LogP contribution in [0.25, 0.3) is 0 Å². The molecule has 0 atom stereocenters. The Morgan fingerprint density at radius 2 is 1.84 bits per heavy atom. The molecule has 19 heavy (non-hydrogen) atoms. The molecule has 0 aliphatic carbocycles. The summed E-state index contributed by atoms with van der Waals surface area (Å²) in [4.78, 5) is 27.6. The summed E-state index contributed by atoms with van der Waals surface area (Å²) in [6, 6.07) is 11.8. The molecule has 0 radical (unpaired) electrons. The van der Waals surface area contributed by atoms with Crippen molar-refractivity contribution in [3.63, 3.8) is 0 Å². The number of benzene rings is 1. The van der Waals surface area contributed by atoms with Crippen LogP contribution in [0.4, 0.5) is 5.69 Å². The van der Waals surface area contributed by atoms with Crippen molar-refractivity contribution < 1.29 is 9.59 Å². The molecule has 5 nitrogen and oxygen atoms in total. The number of anilines is 1. The van der Waals surface area contributed by atoms with Gasteiger partial charge < -0.3 is 11.1 Å². The van der Waals surface area contributed by atoms with E-state index in [9.17, 15) is 9.59 Å². The zero-order valence-corrected chi connectivity index (χ0v) is 10.2. The second-order valence-corrected chi connectivity index (χ2v) is 3.84. The van der Waals surface area contributed by atoms with Crippen LogP contribution >= 0.6 is 0 Å². The van der Waals surface area contributed by atoms with E-state index in [0.29, 0.717) is 11.3 Å². The Hall–Kier alpha value is -2.53. The summed E-state index contributed by atoms with van der Waals surface area (Å²) in [6.07, 6.45) is 1.53. The van der Waals surface area contributed by atoms with Crippen molar-refractivity contribution in [2.75, 3.05) is 11.9 Å². The monoisotopic (exact) mass is 255 g/mol. The van der Waals surface area contributed by atoms with Gasteiger partial charge in [-0.1, -0.05) is 18.2 Å². The number of nitrogens with zero attached hydrogens (tertiary/aromatic N) is 1. The SMILES string of the molecule is NCC(=O)c1ccccc1NC(=O)c1ccccn1. The molecule has 0 saturated heterocycles. The van der Waals surface area contributed by atoms with Crippen LogP contribution in [-0.2, 0) is 0 Å². The first-order valence-corrected chi connectivity index (χ1v) is 5.77. The molecule has 0 aliphatic rings. The Bertz CT molecular complexity index is 597. The number of hydrogen-bond acceptors (Lipinski definition) is 4. The van der Waals surface area contributed by atoms with Crippen LogP contribution in [0.1, 0.15) is 20.8 Å². The number of rotatable bonds is 4. The standard InChI is InChI=1S/C14H13N3O2/c15-9-13(18)10-5-1-2-6-11(10)17-14(19)12-7-3-4-8-16-12/h1-8H,9,15H2,(H,17,19). The van der Waals surface area contributed by atoms with Gasteiger partial charge in [0, 0.05) is 11.8 Å². The number of carbonyl (C=O) groups is 2. The number of aromatic nitrogens is 1. The van der Waals surface area contributed by atoms with Crippen molar-refractivity contribution in [3.8, 4) is 0 Å². The van der Waals surface area contributed by atoms with Gasteiger partial charge in [0.15, 0.2) is 5.78 Å². The predicted octanol–water partition coefficient (Wildman–Crippen LogP) is 1.48. The number of nitrogens with two attached hydrogens (primary N) is 1. The summed E-state index contributed by atoms with van der Waals surface area (Å²) in [5, 5.41) is 2.66. The Labute approximate surface area is 110 Å². The molecular weight excluding hydrogens is 242 g/mol. The van der Waals surface area contributed by atoms with E-state index in [1.807, 2.05) is 0 Å². The smallest absolute Gasteiger partial charge is 0.274 e. The van der Waals surface area contributed by atoms with Crippen LogP contribution in [0.2, 0.25) is 0 Å². The van der Waals surface area contributed by atoms with Crippen LogP contribution in [-0.4, -0.2) is 23.2 Å². The van der Waals surface area contributed by atoms with Crippen molar-refractivity contribution >= 4 is 17.4 Å². The average Bonchev–Trinajstić information content (AvgIpc) is 2.48. The van der Waals surface area contributed by atoms with E-state index >= 15 is 0 Å². The van der Waals surface area contributed by atoms with Crippen LogP contribution in [0.5, 0.6) is 0 Å². The highest BCUT2D eigenvalue weighted by molar-refractivity contribution is 6.09. The van der Waals surface area contributed by atoms with Crippen molar-refractivity contribution in [3.05, 3.63) is 59.9 Å². The van der Waals surface area contributed by atoms with Crippen molar-refractivity contribution in [2.24, 2.45) is 5.73 Å². The van der Waals surface area contributed by atoms with Crippen LogP contribution < -0.4 is 11.1 Å². The highest BCUT2D eigenvalue weighted by atomic mass is 16.2. The highest BCUT2D eigenvalue weighted by Gasteiger charge is 2.13. The number of carbonyl (C=O) groups excluding carboxylic acids is 2. The van der Waals surface area contributed by atoms with Gasteiger partial charge >= 0.3 is 0 Å². The second-order valence-electron chi connectivity index (χ2n) is 3.84. The minimum atomic E-state index is -0.363. The first kappa shape index (κ1) is 12.9. The molecule has 96 valence electrons. The van der Waals surface area contributed by atoms with Gasteiger partial charge in [-0.15, -0.1) is 0 Å². The van der Waals surface area contributed by atoms with Gasteiger partial charge in [0.25, 0.3) is 5.91 Å². The first-order valence-electron chi connectivity index (χ1n) is 5.77. The third kappa shape index (κ3) is 3.02. The number of nitrogens with one attached hydrogen (secondary N) is 1. The molecule has 1 heterocycles. The molecule has 2 rings (SSSR count). The maximum atomic E-state index is 12.0. The molecule has 0 spiro atoms. The minimum Gasteiger partial charge on any atom is -0.324 e. The minimum absolute atomic E-state index is 0.101. The Balaban J connectivity index is 2.25. The summed E-state index contributed by atoms with van der Waals surface area (Å²) >= 11 is 0. The zero-order chi connectivity index (χ0) is 13.7. The molecule has 1 aromatic carbocycles. The summed E-state index contributed by atoms with van der Waals surface area (Å²) in [6.45, 7) is -0.101. The lowest BCUT2D eigenvalue weighted by molar-refractivity contribution is 0.100. The highest BCUT2D eigenvalue weighted by Crippen LogP contribution is 2.16. The van der Waals surface area contributed by atoms with E-state index in [4.69, 9.17) is 5.73 Å². The van der Waals surface area contributed by atoms with Crippen LogP contribution in [0.15, 0.2) is 48.7 Å². The number of amides is 1. The van der Waals surface area contributed by atoms with E-state index < -0.39 is 0 Å². The molecule has 0 saturated carbocycles. The fraction of sp³-hybridized carbons (Fsp3) is 0.0714. The second kappa shape index (κ2) is 5.88. The molecule has 1 aromatic heterocycles. The van der Waals surface area contributed by atoms with Crippen LogP contribution in [0, 0.1) is 0 Å². The van der Waals surface area contributed by atoms with E-state index in [1.54, 1.807) is 42.5 Å². The van der Waals surface area contributed by atoms with Crippen molar-refractivity contribution in [1.29, 1.82) is 0 Å². The molecular formula is C14H13N3O2. The van der Waals surface area contributed by atoms with Gasteiger partial charge in [0.2, 0.25) is 0 Å². The Morgan fingerprint density at radius 1 is 1.11 bits per heavy atom. The number of hydrogen-bond donors (Lipinski definition) is 2. The van der Waals surface area contributed by atoms with E-state index in [0.717, 1.165) is 0 Å². The molecule has 5 heteroatoms. The average molecular weight is 255 g/mol. The number of Topliss-reactive ketones (excluding diaryl/α,β-unsaturated/α-hetero) is 1. The van der Waals surface area contributed by atoms with Gasteiger partial charge in [-0.3, -0.25) is 14.6 Å². The largest absolute Gasteiger partial charge is 0.324 e. The van der Waals surface area contributed by atoms with Gasteiger partial charge in [-0.2, -0.15) is 0 Å². The van der Waals surface area contributed by atoms with Gasteiger partial charge in [-0.25, -0.2) is 0 Å². The molecule has 0 bridgehead atoms. The fourth-order valence-corrected chi connectivity index (χ4v) is 1.63. The first-order chi connectivity index (χ1) is 9.22. The lowest BCUT2D eigenvalue weighted by Crippen LogP contribution is -2.19. The Kier molecular flexibility index (Phi) is 4.00. The summed E-state index contributed by atoms with van der Waals surface area (Å²) in [5.41, 5.74) is 6.47. The molecule has 1 amide bonds. The fourth-order valence-electron chi connectivity index (χ4n) is 1.63. The normalized spacial score (nSPS) is 9.95.